The van der Waals surface area contributed by atoms with Gasteiger partial charge in [0.05, 0.1) is 9.83 Å². The van der Waals surface area contributed by atoms with Gasteiger partial charge in [0.25, 0.3) is 0 Å². The number of carbonyl (C=O) groups excluding carboxylic acids is 1. The summed E-state index contributed by atoms with van der Waals surface area (Å²) in [5.74, 6) is 0.230. The highest BCUT2D eigenvalue weighted by atomic mass is 79.9. The van der Waals surface area contributed by atoms with Crippen LogP contribution in [0.5, 0.6) is 0 Å². The first-order valence-corrected chi connectivity index (χ1v) is 6.02. The van der Waals surface area contributed by atoms with Crippen LogP contribution in [0.2, 0.25) is 0 Å². The number of thiophene rings is 1. The molecule has 78 valence electrons. The topological polar surface area (TPSA) is 20.3 Å². The molecular weight excluding hydrogens is 262 g/mol. The average Bonchev–Trinajstić information content (AvgIpc) is 2.46. The fourth-order valence-electron chi connectivity index (χ4n) is 1.32. The van der Waals surface area contributed by atoms with Gasteiger partial charge in [0.1, 0.15) is 5.78 Å². The van der Waals surface area contributed by atoms with E-state index in [0.29, 0.717) is 6.42 Å². The zero-order valence-electron chi connectivity index (χ0n) is 8.58. The van der Waals surface area contributed by atoms with Crippen molar-refractivity contribution in [2.24, 2.45) is 0 Å². The molecule has 0 spiro atoms. The zero-order chi connectivity index (χ0) is 10.7. The van der Waals surface area contributed by atoms with Gasteiger partial charge in [0.2, 0.25) is 0 Å². The number of carbonyl (C=O) groups is 1. The van der Waals surface area contributed by atoms with Gasteiger partial charge in [0, 0.05) is 11.3 Å². The van der Waals surface area contributed by atoms with Gasteiger partial charge in [-0.25, -0.2) is 0 Å². The van der Waals surface area contributed by atoms with Crippen LogP contribution in [0.15, 0.2) is 15.9 Å². The minimum absolute atomic E-state index is 0.212. The molecule has 1 unspecified atom stereocenters. The van der Waals surface area contributed by atoms with Crippen LogP contribution < -0.4 is 0 Å². The maximum Gasteiger partial charge on any atom is 0.131 e. The fraction of sp³-hybridized carbons (Fsp3) is 0.500. The summed E-state index contributed by atoms with van der Waals surface area (Å²) >= 11 is 5.12. The van der Waals surface area contributed by atoms with Crippen molar-refractivity contribution in [2.75, 3.05) is 14.1 Å². The second-order valence-electron chi connectivity index (χ2n) is 3.53. The first kappa shape index (κ1) is 11.9. The Labute approximate surface area is 97.1 Å². The number of Topliss-reactive ketones (excluding diaryl/α,β-unsaturated/α-hetero) is 1. The maximum absolute atomic E-state index is 11.1. The van der Waals surface area contributed by atoms with E-state index in [-0.39, 0.29) is 11.8 Å². The zero-order valence-corrected chi connectivity index (χ0v) is 11.0. The number of halogens is 1. The summed E-state index contributed by atoms with van der Waals surface area (Å²) in [6.07, 6.45) is 0.583. The van der Waals surface area contributed by atoms with Gasteiger partial charge in [0.15, 0.2) is 0 Å². The molecule has 14 heavy (non-hydrogen) atoms. The first-order valence-electron chi connectivity index (χ1n) is 4.42. The minimum atomic E-state index is 0.212. The Morgan fingerprint density at radius 3 is 2.57 bits per heavy atom. The molecule has 2 nitrogen and oxygen atoms in total. The van der Waals surface area contributed by atoms with Crippen molar-refractivity contribution in [3.05, 3.63) is 20.8 Å². The number of nitrogens with zero attached hydrogens (tertiary/aromatic N) is 1. The minimum Gasteiger partial charge on any atom is -0.301 e. The summed E-state index contributed by atoms with van der Waals surface area (Å²) in [6.45, 7) is 1.64. The molecule has 1 rings (SSSR count). The number of hydrogen-bond acceptors (Lipinski definition) is 3. The van der Waals surface area contributed by atoms with Crippen LogP contribution >= 0.6 is 27.3 Å². The van der Waals surface area contributed by atoms with Gasteiger partial charge in [-0.05, 0) is 49.1 Å². The van der Waals surface area contributed by atoms with Crippen LogP contribution in [0.1, 0.15) is 24.3 Å². The van der Waals surface area contributed by atoms with Crippen molar-refractivity contribution in [3.63, 3.8) is 0 Å². The molecule has 0 aromatic carbocycles. The summed E-state index contributed by atoms with van der Waals surface area (Å²) in [5.41, 5.74) is 0. The molecule has 0 amide bonds. The summed E-state index contributed by atoms with van der Waals surface area (Å²) in [4.78, 5) is 14.4. The lowest BCUT2D eigenvalue weighted by molar-refractivity contribution is -0.118. The third-order valence-corrected chi connectivity index (χ3v) is 3.75. The van der Waals surface area contributed by atoms with E-state index in [9.17, 15) is 4.79 Å². The van der Waals surface area contributed by atoms with E-state index >= 15 is 0 Å². The smallest absolute Gasteiger partial charge is 0.131 e. The molecule has 1 atom stereocenters. The highest BCUT2D eigenvalue weighted by Crippen LogP contribution is 2.31. The molecule has 0 N–H and O–H groups in total. The van der Waals surface area contributed by atoms with Crippen LogP contribution in [0.4, 0.5) is 0 Å². The lowest BCUT2D eigenvalue weighted by atomic mass is 10.1. The van der Waals surface area contributed by atoms with E-state index in [1.807, 2.05) is 20.2 Å². The Balaban J connectivity index is 2.82. The molecule has 0 fully saturated rings. The van der Waals surface area contributed by atoms with Gasteiger partial charge < -0.3 is 4.90 Å². The molecule has 4 heteroatoms. The van der Waals surface area contributed by atoms with E-state index in [1.165, 1.54) is 4.88 Å². The Morgan fingerprint density at radius 1 is 1.57 bits per heavy atom. The standard InChI is InChI=1S/C10H14BrNOS/c1-7(13)6-8(12(2)3)9-4-5-10(11)14-9/h4-5,8H,6H2,1-3H3. The molecule has 1 aromatic heterocycles. The van der Waals surface area contributed by atoms with Gasteiger partial charge >= 0.3 is 0 Å². The fourth-order valence-corrected chi connectivity index (χ4v) is 2.94. The molecule has 0 saturated heterocycles. The molecule has 0 radical (unpaired) electrons. The van der Waals surface area contributed by atoms with Crippen molar-refractivity contribution in [1.82, 2.24) is 4.90 Å². The van der Waals surface area contributed by atoms with Crippen molar-refractivity contribution >= 4 is 33.0 Å². The average molecular weight is 276 g/mol. The van der Waals surface area contributed by atoms with Crippen LogP contribution in [0, 0.1) is 0 Å². The maximum atomic E-state index is 11.1. The number of rotatable bonds is 4. The lowest BCUT2D eigenvalue weighted by Crippen LogP contribution is -2.21. The van der Waals surface area contributed by atoms with Crippen molar-refractivity contribution < 1.29 is 4.79 Å². The summed E-state index contributed by atoms with van der Waals surface area (Å²) < 4.78 is 1.11. The van der Waals surface area contributed by atoms with Crippen LogP contribution in [-0.4, -0.2) is 24.8 Å². The van der Waals surface area contributed by atoms with Gasteiger partial charge in [-0.2, -0.15) is 0 Å². The van der Waals surface area contributed by atoms with Crippen LogP contribution in [0.25, 0.3) is 0 Å². The van der Waals surface area contributed by atoms with Crippen molar-refractivity contribution in [1.29, 1.82) is 0 Å². The number of ketones is 1. The molecular formula is C10H14BrNOS. The lowest BCUT2D eigenvalue weighted by Gasteiger charge is -2.21. The predicted molar refractivity (Wildman–Crippen MR) is 63.7 cm³/mol. The van der Waals surface area contributed by atoms with Gasteiger partial charge in [-0.1, -0.05) is 0 Å². The second kappa shape index (κ2) is 5.05. The van der Waals surface area contributed by atoms with Crippen LogP contribution in [0.3, 0.4) is 0 Å². The largest absolute Gasteiger partial charge is 0.301 e. The quantitative estimate of drug-likeness (QED) is 0.842. The summed E-state index contributed by atoms with van der Waals surface area (Å²) in [5, 5.41) is 0. The molecule has 0 saturated carbocycles. The third kappa shape index (κ3) is 3.19. The summed E-state index contributed by atoms with van der Waals surface area (Å²) in [6, 6.07) is 4.31. The molecule has 0 bridgehead atoms. The first-order chi connectivity index (χ1) is 6.50. The third-order valence-electron chi connectivity index (χ3n) is 2.03. The van der Waals surface area contributed by atoms with E-state index in [4.69, 9.17) is 0 Å². The second-order valence-corrected chi connectivity index (χ2v) is 6.02. The SMILES string of the molecule is CC(=O)CC(c1ccc(Br)s1)N(C)C. The Hall–Kier alpha value is -0.190. The van der Waals surface area contributed by atoms with Gasteiger partial charge in [-0.15, -0.1) is 11.3 Å². The van der Waals surface area contributed by atoms with E-state index in [2.05, 4.69) is 26.9 Å². The Morgan fingerprint density at radius 2 is 2.21 bits per heavy atom. The van der Waals surface area contributed by atoms with E-state index < -0.39 is 0 Å². The Kier molecular flexibility index (Phi) is 4.29. The van der Waals surface area contributed by atoms with E-state index in [0.717, 1.165) is 3.79 Å². The molecule has 0 aliphatic heterocycles. The van der Waals surface area contributed by atoms with Crippen LogP contribution in [-0.2, 0) is 4.79 Å². The highest BCUT2D eigenvalue weighted by molar-refractivity contribution is 9.11. The molecule has 1 heterocycles. The van der Waals surface area contributed by atoms with Gasteiger partial charge in [-0.3, -0.25) is 4.79 Å². The number of hydrogen-bond donors (Lipinski definition) is 0. The predicted octanol–water partition coefficient (Wildman–Crippen LogP) is 3.09. The highest BCUT2D eigenvalue weighted by Gasteiger charge is 2.17. The molecule has 0 aliphatic carbocycles. The summed E-state index contributed by atoms with van der Waals surface area (Å²) in [7, 11) is 4.00. The van der Waals surface area contributed by atoms with E-state index in [1.54, 1.807) is 18.3 Å². The molecule has 0 aliphatic rings. The Bertz CT molecular complexity index is 322. The normalized spacial score (nSPS) is 13.2. The molecule has 1 aromatic rings. The monoisotopic (exact) mass is 275 g/mol. The van der Waals surface area contributed by atoms with Crippen molar-refractivity contribution in [2.45, 2.75) is 19.4 Å². The van der Waals surface area contributed by atoms with Crippen molar-refractivity contribution in [3.8, 4) is 0 Å².